The highest BCUT2D eigenvalue weighted by Crippen LogP contribution is 2.40. The fourth-order valence-corrected chi connectivity index (χ4v) is 4.08. The molecular weight excluding hydrogens is 392 g/mol. The Kier molecular flexibility index (Phi) is 5.32. The average molecular weight is 416 g/mol. The molecule has 2 aromatic carbocycles. The number of ether oxygens (including phenoxy) is 1. The van der Waals surface area contributed by atoms with E-state index < -0.39 is 0 Å². The predicted molar refractivity (Wildman–Crippen MR) is 118 cm³/mol. The Morgan fingerprint density at radius 3 is 2.52 bits per heavy atom. The van der Waals surface area contributed by atoms with E-state index in [9.17, 15) is 4.79 Å². The number of hydrogen-bond donors (Lipinski definition) is 1. The van der Waals surface area contributed by atoms with Crippen LogP contribution in [0.3, 0.4) is 0 Å². The van der Waals surface area contributed by atoms with E-state index in [1.165, 1.54) is 11.8 Å². The standard InChI is InChI=1S/C25H24N2O4/c1-17-8-10-18(11-9-17)23(27-12-15-29-16-13-27)24-22(19-5-2-3-6-20(19)31-24)26-25(28)21-7-4-14-30-21/h2-11,14,23H,12-13,15-16H2,1H3,(H,26,28). The third kappa shape index (κ3) is 3.87. The molecule has 1 atom stereocenters. The predicted octanol–water partition coefficient (Wildman–Crippen LogP) is 5.01. The maximum atomic E-state index is 12.9. The van der Waals surface area contributed by atoms with Crippen LogP contribution in [0.2, 0.25) is 0 Å². The summed E-state index contributed by atoms with van der Waals surface area (Å²) in [5.41, 5.74) is 3.71. The number of amides is 1. The van der Waals surface area contributed by atoms with Crippen LogP contribution in [0.1, 0.15) is 33.5 Å². The molecule has 5 rings (SSSR count). The van der Waals surface area contributed by atoms with Crippen molar-refractivity contribution >= 4 is 22.6 Å². The van der Waals surface area contributed by atoms with Crippen molar-refractivity contribution in [2.75, 3.05) is 31.6 Å². The fourth-order valence-electron chi connectivity index (χ4n) is 4.08. The molecule has 1 amide bonds. The molecule has 0 saturated carbocycles. The van der Waals surface area contributed by atoms with E-state index in [2.05, 4.69) is 41.4 Å². The van der Waals surface area contributed by atoms with Crippen molar-refractivity contribution in [1.82, 2.24) is 4.90 Å². The van der Waals surface area contributed by atoms with Gasteiger partial charge in [-0.2, -0.15) is 0 Å². The second-order valence-corrected chi connectivity index (χ2v) is 7.73. The second-order valence-electron chi connectivity index (χ2n) is 7.73. The molecule has 0 bridgehead atoms. The number of furan rings is 2. The Hall–Kier alpha value is -3.35. The number of anilines is 1. The van der Waals surface area contributed by atoms with Gasteiger partial charge in [0, 0.05) is 18.5 Å². The second kappa shape index (κ2) is 8.41. The quantitative estimate of drug-likeness (QED) is 0.495. The van der Waals surface area contributed by atoms with Gasteiger partial charge < -0.3 is 18.9 Å². The zero-order valence-corrected chi connectivity index (χ0v) is 17.3. The summed E-state index contributed by atoms with van der Waals surface area (Å²) < 4.78 is 17.3. The first kappa shape index (κ1) is 19.6. The molecule has 3 heterocycles. The van der Waals surface area contributed by atoms with Crippen LogP contribution in [-0.4, -0.2) is 37.1 Å². The molecule has 158 valence electrons. The molecule has 1 aliphatic heterocycles. The van der Waals surface area contributed by atoms with Crippen molar-refractivity contribution in [3.8, 4) is 0 Å². The molecule has 1 saturated heterocycles. The van der Waals surface area contributed by atoms with Crippen LogP contribution in [0.25, 0.3) is 11.0 Å². The Balaban J connectivity index is 1.64. The molecule has 1 unspecified atom stereocenters. The summed E-state index contributed by atoms with van der Waals surface area (Å²) >= 11 is 0. The van der Waals surface area contributed by atoms with Crippen molar-refractivity contribution in [2.45, 2.75) is 13.0 Å². The van der Waals surface area contributed by atoms with Gasteiger partial charge in [-0.25, -0.2) is 0 Å². The van der Waals surface area contributed by atoms with Crippen LogP contribution >= 0.6 is 0 Å². The fraction of sp³-hybridized carbons (Fsp3) is 0.240. The molecule has 2 aromatic heterocycles. The van der Waals surface area contributed by atoms with Gasteiger partial charge in [-0.05, 0) is 36.8 Å². The van der Waals surface area contributed by atoms with E-state index in [1.807, 2.05) is 24.3 Å². The maximum absolute atomic E-state index is 12.9. The van der Waals surface area contributed by atoms with Gasteiger partial charge in [0.15, 0.2) is 5.76 Å². The van der Waals surface area contributed by atoms with Crippen molar-refractivity contribution in [2.24, 2.45) is 0 Å². The normalized spacial score (nSPS) is 15.8. The molecule has 0 aliphatic carbocycles. The molecular formula is C25H24N2O4. The number of carbonyl (C=O) groups is 1. The Morgan fingerprint density at radius 1 is 1.00 bits per heavy atom. The van der Waals surface area contributed by atoms with E-state index >= 15 is 0 Å². The first-order chi connectivity index (χ1) is 15.2. The van der Waals surface area contributed by atoms with Crippen LogP contribution in [-0.2, 0) is 4.74 Å². The highest BCUT2D eigenvalue weighted by atomic mass is 16.5. The van der Waals surface area contributed by atoms with Crippen LogP contribution in [0.4, 0.5) is 5.69 Å². The lowest BCUT2D eigenvalue weighted by molar-refractivity contribution is 0.0206. The van der Waals surface area contributed by atoms with Crippen molar-refractivity contribution in [1.29, 1.82) is 0 Å². The van der Waals surface area contributed by atoms with E-state index in [0.29, 0.717) is 24.7 Å². The number of rotatable bonds is 5. The van der Waals surface area contributed by atoms with E-state index in [0.717, 1.165) is 29.6 Å². The highest BCUT2D eigenvalue weighted by Gasteiger charge is 2.31. The molecule has 1 N–H and O–H groups in total. The third-order valence-corrected chi connectivity index (χ3v) is 5.66. The summed E-state index contributed by atoms with van der Waals surface area (Å²) in [5.74, 6) is 0.670. The van der Waals surface area contributed by atoms with Crippen molar-refractivity contribution in [3.63, 3.8) is 0 Å². The number of nitrogens with one attached hydrogen (secondary N) is 1. The summed E-state index contributed by atoms with van der Waals surface area (Å²) in [6.45, 7) is 4.96. The van der Waals surface area contributed by atoms with Gasteiger partial charge in [0.1, 0.15) is 11.3 Å². The van der Waals surface area contributed by atoms with Gasteiger partial charge in [-0.1, -0.05) is 42.0 Å². The van der Waals surface area contributed by atoms with E-state index in [1.54, 1.807) is 12.1 Å². The lowest BCUT2D eigenvalue weighted by Crippen LogP contribution is -2.39. The Morgan fingerprint density at radius 2 is 1.77 bits per heavy atom. The summed E-state index contributed by atoms with van der Waals surface area (Å²) in [5, 5.41) is 3.92. The number of carbonyl (C=O) groups excluding carboxylic acids is 1. The SMILES string of the molecule is Cc1ccc(C(c2oc3ccccc3c2NC(=O)c2ccco2)N2CCOCC2)cc1. The van der Waals surface area contributed by atoms with Crippen LogP contribution in [0.15, 0.2) is 75.8 Å². The van der Waals surface area contributed by atoms with Crippen LogP contribution in [0.5, 0.6) is 0 Å². The molecule has 4 aromatic rings. The number of nitrogens with zero attached hydrogens (tertiary/aromatic N) is 1. The lowest BCUT2D eigenvalue weighted by Gasteiger charge is -2.34. The van der Waals surface area contributed by atoms with Crippen LogP contribution in [0, 0.1) is 6.92 Å². The molecule has 1 fully saturated rings. The minimum Gasteiger partial charge on any atom is -0.459 e. The number of morpholine rings is 1. The number of aryl methyl sites for hydroxylation is 1. The van der Waals surface area contributed by atoms with Gasteiger partial charge in [-0.15, -0.1) is 0 Å². The smallest absolute Gasteiger partial charge is 0.291 e. The number of para-hydroxylation sites is 1. The van der Waals surface area contributed by atoms with Gasteiger partial charge in [0.05, 0.1) is 31.2 Å². The monoisotopic (exact) mass is 416 g/mol. The molecule has 31 heavy (non-hydrogen) atoms. The zero-order valence-electron chi connectivity index (χ0n) is 17.3. The highest BCUT2D eigenvalue weighted by molar-refractivity contribution is 6.08. The topological polar surface area (TPSA) is 67.9 Å². The first-order valence-electron chi connectivity index (χ1n) is 10.5. The molecule has 0 radical (unpaired) electrons. The molecule has 0 spiro atoms. The molecule has 6 nitrogen and oxygen atoms in total. The minimum atomic E-state index is -0.303. The minimum absolute atomic E-state index is 0.149. The summed E-state index contributed by atoms with van der Waals surface area (Å²) in [7, 11) is 0. The largest absolute Gasteiger partial charge is 0.459 e. The third-order valence-electron chi connectivity index (χ3n) is 5.66. The van der Waals surface area contributed by atoms with Gasteiger partial charge in [0.25, 0.3) is 5.91 Å². The summed E-state index contributed by atoms with van der Waals surface area (Å²) in [6, 6.07) is 19.4. The number of hydrogen-bond acceptors (Lipinski definition) is 5. The van der Waals surface area contributed by atoms with Crippen LogP contribution < -0.4 is 5.32 Å². The summed E-state index contributed by atoms with van der Waals surface area (Å²) in [6.07, 6.45) is 1.49. The van der Waals surface area contributed by atoms with Crippen molar-refractivity contribution in [3.05, 3.63) is 89.6 Å². The Labute approximate surface area is 180 Å². The zero-order chi connectivity index (χ0) is 21.2. The first-order valence-corrected chi connectivity index (χ1v) is 10.5. The van der Waals surface area contributed by atoms with Gasteiger partial charge in [0.2, 0.25) is 0 Å². The van der Waals surface area contributed by atoms with Gasteiger partial charge in [-0.3, -0.25) is 9.69 Å². The maximum Gasteiger partial charge on any atom is 0.291 e. The van der Waals surface area contributed by atoms with Crippen molar-refractivity contribution < 1.29 is 18.4 Å². The molecule has 1 aliphatic rings. The molecule has 6 heteroatoms. The number of fused-ring (bicyclic) bond motifs is 1. The lowest BCUT2D eigenvalue weighted by atomic mass is 9.99. The number of benzene rings is 2. The van der Waals surface area contributed by atoms with E-state index in [-0.39, 0.29) is 17.7 Å². The summed E-state index contributed by atoms with van der Waals surface area (Å²) in [4.78, 5) is 15.2. The average Bonchev–Trinajstić information content (AvgIpc) is 3.45. The Bertz CT molecular complexity index is 1170. The van der Waals surface area contributed by atoms with Gasteiger partial charge >= 0.3 is 0 Å². The van der Waals surface area contributed by atoms with E-state index in [4.69, 9.17) is 13.6 Å².